The number of hydrogen-bond donors (Lipinski definition) is 1. The Morgan fingerprint density at radius 3 is 2.40 bits per heavy atom. The van der Waals surface area contributed by atoms with E-state index in [0.29, 0.717) is 5.92 Å². The highest BCUT2D eigenvalue weighted by Crippen LogP contribution is 2.45. The predicted octanol–water partition coefficient (Wildman–Crippen LogP) is 3.24. The molecule has 2 rings (SSSR count). The van der Waals surface area contributed by atoms with Crippen molar-refractivity contribution in [2.45, 2.75) is 45.4 Å². The van der Waals surface area contributed by atoms with Gasteiger partial charge in [0.25, 0.3) is 0 Å². The third kappa shape index (κ3) is 1.69. The van der Waals surface area contributed by atoms with Crippen LogP contribution in [0.2, 0.25) is 0 Å². The number of benzene rings is 1. The first-order valence-corrected chi connectivity index (χ1v) is 5.95. The molecule has 0 spiro atoms. The summed E-state index contributed by atoms with van der Waals surface area (Å²) in [5.41, 5.74) is 11.8. The van der Waals surface area contributed by atoms with Gasteiger partial charge in [-0.1, -0.05) is 19.1 Å². The van der Waals surface area contributed by atoms with Crippen LogP contribution in [0.3, 0.4) is 0 Å². The van der Waals surface area contributed by atoms with Crippen LogP contribution in [0.4, 0.5) is 0 Å². The summed E-state index contributed by atoms with van der Waals surface area (Å²) in [6, 6.07) is 4.52. The minimum atomic E-state index is 0.708. The van der Waals surface area contributed by atoms with Gasteiger partial charge in [-0.25, -0.2) is 0 Å². The standard InChI is InChI=1S/C14H21N/c1-9-4-5-10(2)14-12(6-7-15)8-11(3)13(9)14/h4-5,11-12H,6-8,15H2,1-3H3. The molecule has 2 unspecified atom stereocenters. The number of fused-ring (bicyclic) bond motifs is 1. The van der Waals surface area contributed by atoms with E-state index >= 15 is 0 Å². The summed E-state index contributed by atoms with van der Waals surface area (Å²) >= 11 is 0. The maximum Gasteiger partial charge on any atom is -0.00714 e. The van der Waals surface area contributed by atoms with E-state index in [9.17, 15) is 0 Å². The van der Waals surface area contributed by atoms with Crippen molar-refractivity contribution in [1.29, 1.82) is 0 Å². The van der Waals surface area contributed by atoms with Gasteiger partial charge < -0.3 is 5.73 Å². The molecule has 0 saturated heterocycles. The molecule has 0 bridgehead atoms. The van der Waals surface area contributed by atoms with Crippen molar-refractivity contribution in [3.05, 3.63) is 34.4 Å². The van der Waals surface area contributed by atoms with Gasteiger partial charge in [-0.05, 0) is 67.3 Å². The monoisotopic (exact) mass is 203 g/mol. The molecule has 0 amide bonds. The molecule has 0 aromatic heterocycles. The van der Waals surface area contributed by atoms with Crippen LogP contribution in [-0.2, 0) is 0 Å². The van der Waals surface area contributed by atoms with Gasteiger partial charge >= 0.3 is 0 Å². The smallest absolute Gasteiger partial charge is 0.00714 e. The zero-order valence-electron chi connectivity index (χ0n) is 10.0. The first-order chi connectivity index (χ1) is 7.15. The summed E-state index contributed by atoms with van der Waals surface area (Å²) in [6.07, 6.45) is 2.43. The Morgan fingerprint density at radius 1 is 1.20 bits per heavy atom. The van der Waals surface area contributed by atoms with Crippen molar-refractivity contribution < 1.29 is 0 Å². The van der Waals surface area contributed by atoms with E-state index in [1.54, 1.807) is 11.1 Å². The summed E-state index contributed by atoms with van der Waals surface area (Å²) in [5.74, 6) is 1.43. The van der Waals surface area contributed by atoms with Gasteiger partial charge in [-0.3, -0.25) is 0 Å². The number of aryl methyl sites for hydroxylation is 2. The predicted molar refractivity (Wildman–Crippen MR) is 65.4 cm³/mol. The van der Waals surface area contributed by atoms with Gasteiger partial charge in [0.05, 0.1) is 0 Å². The lowest BCUT2D eigenvalue weighted by atomic mass is 9.92. The van der Waals surface area contributed by atoms with E-state index in [1.807, 2.05) is 0 Å². The molecule has 0 radical (unpaired) electrons. The molecule has 0 saturated carbocycles. The highest BCUT2D eigenvalue weighted by molar-refractivity contribution is 5.47. The van der Waals surface area contributed by atoms with Crippen LogP contribution in [-0.4, -0.2) is 6.54 Å². The van der Waals surface area contributed by atoms with E-state index in [0.717, 1.165) is 18.9 Å². The second kappa shape index (κ2) is 3.97. The van der Waals surface area contributed by atoms with Gasteiger partial charge in [-0.15, -0.1) is 0 Å². The lowest BCUT2D eigenvalue weighted by molar-refractivity contribution is 0.582. The van der Waals surface area contributed by atoms with Crippen LogP contribution >= 0.6 is 0 Å². The van der Waals surface area contributed by atoms with Crippen LogP contribution < -0.4 is 5.73 Å². The van der Waals surface area contributed by atoms with Crippen LogP contribution in [0.1, 0.15) is 53.9 Å². The van der Waals surface area contributed by atoms with E-state index < -0.39 is 0 Å². The first kappa shape index (κ1) is 10.7. The van der Waals surface area contributed by atoms with E-state index in [1.165, 1.54) is 17.5 Å². The molecule has 0 heterocycles. The summed E-state index contributed by atoms with van der Waals surface area (Å²) in [5, 5.41) is 0. The van der Waals surface area contributed by atoms with Gasteiger partial charge in [0.15, 0.2) is 0 Å². The molecular weight excluding hydrogens is 182 g/mol. The average molecular weight is 203 g/mol. The molecule has 0 fully saturated rings. The molecule has 1 aliphatic carbocycles. The van der Waals surface area contributed by atoms with Crippen LogP contribution in [0.15, 0.2) is 12.1 Å². The van der Waals surface area contributed by atoms with Gasteiger partial charge in [0.2, 0.25) is 0 Å². The molecule has 0 aliphatic heterocycles. The van der Waals surface area contributed by atoms with E-state index in [-0.39, 0.29) is 0 Å². The normalized spacial score (nSPS) is 24.3. The Morgan fingerprint density at radius 2 is 1.80 bits per heavy atom. The quantitative estimate of drug-likeness (QED) is 0.784. The fourth-order valence-electron chi connectivity index (χ4n) is 3.18. The molecule has 15 heavy (non-hydrogen) atoms. The van der Waals surface area contributed by atoms with Crippen molar-refractivity contribution >= 4 is 0 Å². The number of nitrogens with two attached hydrogens (primary N) is 1. The molecule has 82 valence electrons. The largest absolute Gasteiger partial charge is 0.330 e. The molecule has 1 aliphatic rings. The lowest BCUT2D eigenvalue weighted by Crippen LogP contribution is -2.06. The van der Waals surface area contributed by atoms with Crippen molar-refractivity contribution in [1.82, 2.24) is 0 Å². The summed E-state index contributed by atoms with van der Waals surface area (Å²) < 4.78 is 0. The van der Waals surface area contributed by atoms with Crippen molar-refractivity contribution in [3.63, 3.8) is 0 Å². The van der Waals surface area contributed by atoms with E-state index in [4.69, 9.17) is 5.73 Å². The topological polar surface area (TPSA) is 26.0 Å². The molecule has 1 nitrogen and oxygen atoms in total. The molecular formula is C14H21N. The Bertz CT molecular complexity index is 368. The van der Waals surface area contributed by atoms with Gasteiger partial charge in [-0.2, -0.15) is 0 Å². The maximum absolute atomic E-state index is 5.70. The average Bonchev–Trinajstić information content (AvgIpc) is 2.51. The van der Waals surface area contributed by atoms with E-state index in [2.05, 4.69) is 32.9 Å². The van der Waals surface area contributed by atoms with Crippen LogP contribution in [0, 0.1) is 13.8 Å². The summed E-state index contributed by atoms with van der Waals surface area (Å²) in [4.78, 5) is 0. The highest BCUT2D eigenvalue weighted by Gasteiger charge is 2.29. The van der Waals surface area contributed by atoms with Crippen molar-refractivity contribution in [3.8, 4) is 0 Å². The molecule has 1 aromatic rings. The van der Waals surface area contributed by atoms with Crippen molar-refractivity contribution in [2.75, 3.05) is 6.54 Å². The fourth-order valence-corrected chi connectivity index (χ4v) is 3.18. The minimum absolute atomic E-state index is 0.708. The minimum Gasteiger partial charge on any atom is -0.330 e. The van der Waals surface area contributed by atoms with Crippen LogP contribution in [0.25, 0.3) is 0 Å². The lowest BCUT2D eigenvalue weighted by Gasteiger charge is -2.14. The molecule has 1 heteroatoms. The number of hydrogen-bond acceptors (Lipinski definition) is 1. The molecule has 2 atom stereocenters. The van der Waals surface area contributed by atoms with Gasteiger partial charge in [0, 0.05) is 0 Å². The number of rotatable bonds is 2. The zero-order valence-corrected chi connectivity index (χ0v) is 10.0. The first-order valence-electron chi connectivity index (χ1n) is 5.95. The second-order valence-corrected chi connectivity index (χ2v) is 4.94. The summed E-state index contributed by atoms with van der Waals surface area (Å²) in [7, 11) is 0. The van der Waals surface area contributed by atoms with Crippen molar-refractivity contribution in [2.24, 2.45) is 5.73 Å². The maximum atomic E-state index is 5.70. The third-order valence-corrected chi connectivity index (χ3v) is 3.78. The Kier molecular flexibility index (Phi) is 2.83. The Labute approximate surface area is 92.7 Å². The zero-order chi connectivity index (χ0) is 11.0. The van der Waals surface area contributed by atoms with Crippen LogP contribution in [0.5, 0.6) is 0 Å². The summed E-state index contributed by atoms with van der Waals surface area (Å²) in [6.45, 7) is 7.63. The second-order valence-electron chi connectivity index (χ2n) is 4.94. The Hall–Kier alpha value is -0.820. The SMILES string of the molecule is Cc1ccc(C)c2c1C(C)CC2CCN. The Balaban J connectivity index is 2.49. The molecule has 2 N–H and O–H groups in total. The molecule has 1 aromatic carbocycles. The highest BCUT2D eigenvalue weighted by atomic mass is 14.5. The van der Waals surface area contributed by atoms with Gasteiger partial charge in [0.1, 0.15) is 0 Å². The third-order valence-electron chi connectivity index (χ3n) is 3.78. The fraction of sp³-hybridized carbons (Fsp3) is 0.571.